The van der Waals surface area contributed by atoms with E-state index in [1.807, 2.05) is 12.3 Å². The van der Waals surface area contributed by atoms with Crippen molar-refractivity contribution in [3.8, 4) is 0 Å². The van der Waals surface area contributed by atoms with Gasteiger partial charge in [-0.3, -0.25) is 0 Å². The average Bonchev–Trinajstić information content (AvgIpc) is 2.30. The summed E-state index contributed by atoms with van der Waals surface area (Å²) in [6.07, 6.45) is 2.96. The van der Waals surface area contributed by atoms with Crippen molar-refractivity contribution >= 4 is 17.4 Å². The van der Waals surface area contributed by atoms with Crippen molar-refractivity contribution in [1.29, 1.82) is 0 Å². The summed E-state index contributed by atoms with van der Waals surface area (Å²) in [5.74, 6) is 1.58. The van der Waals surface area contributed by atoms with E-state index < -0.39 is 0 Å². The number of rotatable bonds is 5. The topological polar surface area (TPSA) is 16.1 Å². The first-order valence-corrected chi connectivity index (χ1v) is 6.03. The Bertz CT molecular complexity index is 301. The fourth-order valence-electron chi connectivity index (χ4n) is 1.62. The van der Waals surface area contributed by atoms with Gasteiger partial charge in [0, 0.05) is 24.7 Å². The third kappa shape index (κ3) is 3.10. The van der Waals surface area contributed by atoms with Crippen LogP contribution in [0.15, 0.2) is 18.3 Å². The van der Waals surface area contributed by atoms with Crippen molar-refractivity contribution in [2.24, 2.45) is 0 Å². The van der Waals surface area contributed by atoms with E-state index >= 15 is 0 Å². The van der Waals surface area contributed by atoms with Crippen LogP contribution in [-0.4, -0.2) is 17.6 Å². The number of pyridine rings is 1. The highest BCUT2D eigenvalue weighted by molar-refractivity contribution is 6.17. The molecule has 1 heterocycles. The number of hydrogen-bond acceptors (Lipinski definition) is 2. The zero-order valence-electron chi connectivity index (χ0n) is 9.70. The van der Waals surface area contributed by atoms with Gasteiger partial charge in [0.15, 0.2) is 0 Å². The van der Waals surface area contributed by atoms with Crippen molar-refractivity contribution in [2.45, 2.75) is 39.1 Å². The third-order valence-electron chi connectivity index (χ3n) is 2.72. The first-order chi connectivity index (χ1) is 7.22. The molecule has 2 nitrogen and oxygen atoms in total. The molecule has 1 aromatic rings. The zero-order chi connectivity index (χ0) is 11.3. The van der Waals surface area contributed by atoms with Crippen LogP contribution in [0.2, 0.25) is 0 Å². The monoisotopic (exact) mass is 226 g/mol. The van der Waals surface area contributed by atoms with E-state index in [4.69, 9.17) is 11.6 Å². The SMILES string of the molecule is CCC(C)N(CC)c1cc(CCl)ccn1. The molecule has 0 amide bonds. The highest BCUT2D eigenvalue weighted by Gasteiger charge is 2.11. The number of alkyl halides is 1. The Morgan fingerprint density at radius 2 is 2.20 bits per heavy atom. The quantitative estimate of drug-likeness (QED) is 0.715. The summed E-state index contributed by atoms with van der Waals surface area (Å²) in [5.41, 5.74) is 1.13. The molecular formula is C12H19ClN2. The summed E-state index contributed by atoms with van der Waals surface area (Å²) in [4.78, 5) is 6.70. The van der Waals surface area contributed by atoms with Crippen molar-refractivity contribution in [3.63, 3.8) is 0 Å². The van der Waals surface area contributed by atoms with Gasteiger partial charge in [0.05, 0.1) is 0 Å². The van der Waals surface area contributed by atoms with Gasteiger partial charge in [-0.25, -0.2) is 4.98 Å². The lowest BCUT2D eigenvalue weighted by Gasteiger charge is -2.28. The smallest absolute Gasteiger partial charge is 0.129 e. The van der Waals surface area contributed by atoms with Gasteiger partial charge < -0.3 is 4.90 Å². The molecule has 0 radical (unpaired) electrons. The molecule has 0 fully saturated rings. The van der Waals surface area contributed by atoms with Crippen LogP contribution >= 0.6 is 11.6 Å². The van der Waals surface area contributed by atoms with E-state index in [0.717, 1.165) is 24.3 Å². The second-order valence-corrected chi connectivity index (χ2v) is 3.97. The minimum Gasteiger partial charge on any atom is -0.354 e. The van der Waals surface area contributed by atoms with Gasteiger partial charge >= 0.3 is 0 Å². The van der Waals surface area contributed by atoms with Crippen LogP contribution in [0.3, 0.4) is 0 Å². The summed E-state index contributed by atoms with van der Waals surface area (Å²) in [5, 5.41) is 0. The maximum absolute atomic E-state index is 5.81. The summed E-state index contributed by atoms with van der Waals surface area (Å²) in [6, 6.07) is 4.55. The summed E-state index contributed by atoms with van der Waals surface area (Å²) in [6.45, 7) is 7.55. The number of nitrogens with zero attached hydrogens (tertiary/aromatic N) is 2. The first-order valence-electron chi connectivity index (χ1n) is 5.50. The van der Waals surface area contributed by atoms with Crippen LogP contribution in [0, 0.1) is 0 Å². The summed E-state index contributed by atoms with van der Waals surface area (Å²) < 4.78 is 0. The Balaban J connectivity index is 2.91. The molecule has 1 atom stereocenters. The van der Waals surface area contributed by atoms with E-state index in [1.54, 1.807) is 0 Å². The Hall–Kier alpha value is -0.760. The molecule has 15 heavy (non-hydrogen) atoms. The van der Waals surface area contributed by atoms with Crippen molar-refractivity contribution < 1.29 is 0 Å². The Kier molecular flexibility index (Phi) is 4.89. The molecule has 0 aliphatic rings. The van der Waals surface area contributed by atoms with Gasteiger partial charge in [0.1, 0.15) is 5.82 Å². The van der Waals surface area contributed by atoms with Crippen molar-refractivity contribution in [1.82, 2.24) is 4.98 Å². The van der Waals surface area contributed by atoms with Gasteiger partial charge in [0.25, 0.3) is 0 Å². The predicted molar refractivity (Wildman–Crippen MR) is 66.6 cm³/mol. The van der Waals surface area contributed by atoms with Crippen LogP contribution in [0.25, 0.3) is 0 Å². The van der Waals surface area contributed by atoms with Crippen LogP contribution < -0.4 is 4.90 Å². The molecule has 0 aliphatic carbocycles. The second-order valence-electron chi connectivity index (χ2n) is 3.70. The van der Waals surface area contributed by atoms with Crippen LogP contribution in [0.5, 0.6) is 0 Å². The standard InChI is InChI=1S/C12H19ClN2/c1-4-10(3)15(5-2)12-8-11(9-13)6-7-14-12/h6-8,10H,4-5,9H2,1-3H3. The molecule has 1 unspecified atom stereocenters. The molecule has 0 saturated carbocycles. The van der Waals surface area contributed by atoms with Gasteiger partial charge in [-0.15, -0.1) is 11.6 Å². The maximum atomic E-state index is 5.81. The Morgan fingerprint density at radius 3 is 2.73 bits per heavy atom. The fourth-order valence-corrected chi connectivity index (χ4v) is 1.79. The van der Waals surface area contributed by atoms with E-state index in [1.165, 1.54) is 0 Å². The number of aromatic nitrogens is 1. The lowest BCUT2D eigenvalue weighted by Crippen LogP contribution is -2.32. The van der Waals surface area contributed by atoms with E-state index in [0.29, 0.717) is 11.9 Å². The molecular weight excluding hydrogens is 208 g/mol. The summed E-state index contributed by atoms with van der Waals surface area (Å²) in [7, 11) is 0. The minimum atomic E-state index is 0.521. The average molecular weight is 227 g/mol. The van der Waals surface area contributed by atoms with Crippen molar-refractivity contribution in [2.75, 3.05) is 11.4 Å². The van der Waals surface area contributed by atoms with Crippen molar-refractivity contribution in [3.05, 3.63) is 23.9 Å². The Labute approximate surface area is 97.3 Å². The predicted octanol–water partition coefficient (Wildman–Crippen LogP) is 3.45. The normalized spacial score (nSPS) is 12.5. The van der Waals surface area contributed by atoms with Crippen LogP contribution in [0.4, 0.5) is 5.82 Å². The minimum absolute atomic E-state index is 0.521. The second kappa shape index (κ2) is 5.96. The van der Waals surface area contributed by atoms with Gasteiger partial charge in [-0.1, -0.05) is 6.92 Å². The fraction of sp³-hybridized carbons (Fsp3) is 0.583. The molecule has 0 N–H and O–H groups in total. The number of hydrogen-bond donors (Lipinski definition) is 0. The van der Waals surface area contributed by atoms with E-state index in [9.17, 15) is 0 Å². The molecule has 0 aliphatic heterocycles. The first kappa shape index (κ1) is 12.3. The Morgan fingerprint density at radius 1 is 1.47 bits per heavy atom. The molecule has 1 aromatic heterocycles. The number of halogens is 1. The maximum Gasteiger partial charge on any atom is 0.129 e. The lowest BCUT2D eigenvalue weighted by atomic mass is 10.2. The van der Waals surface area contributed by atoms with E-state index in [-0.39, 0.29) is 0 Å². The third-order valence-corrected chi connectivity index (χ3v) is 3.03. The molecule has 0 bridgehead atoms. The zero-order valence-corrected chi connectivity index (χ0v) is 10.5. The molecule has 0 spiro atoms. The summed E-state index contributed by atoms with van der Waals surface area (Å²) >= 11 is 5.81. The van der Waals surface area contributed by atoms with Crippen LogP contribution in [0.1, 0.15) is 32.8 Å². The molecule has 0 saturated heterocycles. The van der Waals surface area contributed by atoms with Gasteiger partial charge in [-0.2, -0.15) is 0 Å². The lowest BCUT2D eigenvalue weighted by molar-refractivity contribution is 0.623. The number of anilines is 1. The van der Waals surface area contributed by atoms with Gasteiger partial charge in [0.2, 0.25) is 0 Å². The van der Waals surface area contributed by atoms with E-state index in [2.05, 4.69) is 36.7 Å². The molecule has 0 aromatic carbocycles. The largest absolute Gasteiger partial charge is 0.354 e. The molecule has 84 valence electrons. The molecule has 3 heteroatoms. The molecule has 1 rings (SSSR count). The highest BCUT2D eigenvalue weighted by Crippen LogP contribution is 2.17. The van der Waals surface area contributed by atoms with Crippen LogP contribution in [-0.2, 0) is 5.88 Å². The van der Waals surface area contributed by atoms with Gasteiger partial charge in [-0.05, 0) is 38.0 Å². The highest BCUT2D eigenvalue weighted by atomic mass is 35.5.